The third kappa shape index (κ3) is 8.78. The Bertz CT molecular complexity index is 1300. The zero-order valence-electron chi connectivity index (χ0n) is 22.8. The molecule has 0 aromatic heterocycles. The monoisotopic (exact) mass is 566 g/mol. The maximum atomic E-state index is 13.8. The van der Waals surface area contributed by atoms with Crippen molar-refractivity contribution in [3.8, 4) is 0 Å². The molecule has 0 saturated heterocycles. The summed E-state index contributed by atoms with van der Waals surface area (Å²) in [4.78, 5) is 63.4. The van der Waals surface area contributed by atoms with Crippen LogP contribution in [-0.2, 0) is 25.5 Å². The van der Waals surface area contributed by atoms with Crippen molar-refractivity contribution in [1.29, 1.82) is 0 Å². The standard InChI is InChI=1S/C28H34N6O7/c1-17-8-7-11-20-12-13-22(25(37)32-21(14-23(35)36)15-30-33-27(29)39)34(24(17)20)26(38)18(2)31-28(40)41-16-19-9-5-3-4-6-10-19/h3-5,7-11,15,18,21-22H,6,12-14,16H2,1-2H3,(H,31,40)(H,32,37)(H,35,36)(H3,29,33,39)/b30-15+/t18-,21?,22?/m0/s1. The number of benzene rings is 1. The lowest BCUT2D eigenvalue weighted by Gasteiger charge is -2.39. The molecular weight excluding hydrogens is 532 g/mol. The topological polar surface area (TPSA) is 193 Å². The summed E-state index contributed by atoms with van der Waals surface area (Å²) in [5.41, 5.74) is 9.89. The third-order valence-electron chi connectivity index (χ3n) is 6.40. The van der Waals surface area contributed by atoms with E-state index in [9.17, 15) is 29.1 Å². The van der Waals surface area contributed by atoms with Crippen molar-refractivity contribution in [3.63, 3.8) is 0 Å². The molecule has 218 valence electrons. The first-order chi connectivity index (χ1) is 19.6. The SMILES string of the molecule is Cc1cccc2c1N(C(=O)[C@H](C)NC(=O)OCC1=CCC=CC=C1)C(C(=O)NC(/C=N/NC(N)=O)CC(=O)O)CC2. The molecule has 41 heavy (non-hydrogen) atoms. The number of nitrogens with two attached hydrogens (primary N) is 1. The number of hydrogen-bond donors (Lipinski definition) is 5. The van der Waals surface area contributed by atoms with E-state index in [-0.39, 0.29) is 13.0 Å². The number of aliphatic carboxylic acids is 1. The highest BCUT2D eigenvalue weighted by Gasteiger charge is 2.39. The number of fused-ring (bicyclic) bond motifs is 1. The lowest BCUT2D eigenvalue weighted by atomic mass is 9.92. The first kappa shape index (κ1) is 30.6. The van der Waals surface area contributed by atoms with Crippen LogP contribution in [0, 0.1) is 6.92 Å². The van der Waals surface area contributed by atoms with E-state index >= 15 is 0 Å². The second-order valence-electron chi connectivity index (χ2n) is 9.56. The van der Waals surface area contributed by atoms with Crippen molar-refractivity contribution in [1.82, 2.24) is 16.1 Å². The number of urea groups is 1. The Kier molecular flexibility index (Phi) is 10.8. The smallest absolute Gasteiger partial charge is 0.408 e. The molecular formula is C28H34N6O7. The number of carboxylic acid groups (broad SMARTS) is 1. The van der Waals surface area contributed by atoms with Gasteiger partial charge in [-0.1, -0.05) is 48.6 Å². The van der Waals surface area contributed by atoms with Gasteiger partial charge in [-0.25, -0.2) is 15.0 Å². The summed E-state index contributed by atoms with van der Waals surface area (Å²) >= 11 is 0. The summed E-state index contributed by atoms with van der Waals surface area (Å²) < 4.78 is 5.30. The number of anilines is 1. The molecule has 1 aromatic rings. The number of amides is 5. The van der Waals surface area contributed by atoms with E-state index in [0.29, 0.717) is 18.5 Å². The van der Waals surface area contributed by atoms with Gasteiger partial charge in [0.1, 0.15) is 18.7 Å². The summed E-state index contributed by atoms with van der Waals surface area (Å²) in [6, 6.07) is 1.39. The number of allylic oxidation sites excluding steroid dienone is 4. The zero-order chi connectivity index (χ0) is 29.9. The molecule has 1 aliphatic heterocycles. The molecule has 13 nitrogen and oxygen atoms in total. The van der Waals surface area contributed by atoms with Crippen molar-refractivity contribution < 1.29 is 33.8 Å². The van der Waals surface area contributed by atoms with Gasteiger partial charge >= 0.3 is 18.1 Å². The van der Waals surface area contributed by atoms with Crippen LogP contribution in [-0.4, -0.2) is 66.0 Å². The average Bonchev–Trinajstić information content (AvgIpc) is 3.19. The van der Waals surface area contributed by atoms with Crippen LogP contribution in [0.1, 0.15) is 37.3 Å². The maximum absolute atomic E-state index is 13.8. The Labute approximate surface area is 237 Å². The first-order valence-corrected chi connectivity index (χ1v) is 13.0. The van der Waals surface area contributed by atoms with Gasteiger partial charge in [0.25, 0.3) is 0 Å². The van der Waals surface area contributed by atoms with Crippen molar-refractivity contribution in [2.24, 2.45) is 10.8 Å². The van der Waals surface area contributed by atoms with Gasteiger partial charge < -0.3 is 26.2 Å². The van der Waals surface area contributed by atoms with Gasteiger partial charge in [-0.15, -0.1) is 0 Å². The van der Waals surface area contributed by atoms with Gasteiger partial charge in [0.2, 0.25) is 11.8 Å². The fourth-order valence-electron chi connectivity index (χ4n) is 4.52. The number of carbonyl (C=O) groups excluding carboxylic acids is 4. The average molecular weight is 567 g/mol. The van der Waals surface area contributed by atoms with Gasteiger partial charge in [-0.05, 0) is 49.8 Å². The quantitative estimate of drug-likeness (QED) is 0.210. The van der Waals surface area contributed by atoms with Gasteiger partial charge in [-0.3, -0.25) is 19.3 Å². The predicted octanol–water partition coefficient (Wildman–Crippen LogP) is 1.81. The number of primary amides is 1. The molecule has 3 atom stereocenters. The lowest BCUT2D eigenvalue weighted by molar-refractivity contribution is -0.137. The van der Waals surface area contributed by atoms with Crippen LogP contribution in [0.3, 0.4) is 0 Å². The largest absolute Gasteiger partial charge is 0.481 e. The molecule has 3 rings (SSSR count). The van der Waals surface area contributed by atoms with E-state index in [1.807, 2.05) is 60.9 Å². The summed E-state index contributed by atoms with van der Waals surface area (Å²) in [6.07, 6.45) is 10.6. The van der Waals surface area contributed by atoms with E-state index in [0.717, 1.165) is 22.9 Å². The number of hydrogen-bond acceptors (Lipinski definition) is 7. The first-order valence-electron chi connectivity index (χ1n) is 13.0. The second-order valence-corrected chi connectivity index (χ2v) is 9.56. The Morgan fingerprint density at radius 3 is 2.73 bits per heavy atom. The van der Waals surface area contributed by atoms with Gasteiger partial charge in [-0.2, -0.15) is 5.10 Å². The highest BCUT2D eigenvalue weighted by atomic mass is 16.5. The third-order valence-corrected chi connectivity index (χ3v) is 6.40. The number of carbonyl (C=O) groups is 5. The molecule has 2 unspecified atom stereocenters. The van der Waals surface area contributed by atoms with Crippen molar-refractivity contribution in [3.05, 3.63) is 65.3 Å². The van der Waals surface area contributed by atoms with E-state index in [2.05, 4.69) is 15.7 Å². The predicted molar refractivity (Wildman–Crippen MR) is 151 cm³/mol. The minimum absolute atomic E-state index is 0.0265. The molecule has 2 aliphatic rings. The van der Waals surface area contributed by atoms with Gasteiger partial charge in [0.05, 0.1) is 18.2 Å². The van der Waals surface area contributed by atoms with Crippen LogP contribution in [0.5, 0.6) is 0 Å². The van der Waals surface area contributed by atoms with E-state index < -0.39 is 54.5 Å². The molecule has 1 heterocycles. The molecule has 13 heteroatoms. The number of aryl methyl sites for hydroxylation is 2. The minimum atomic E-state index is -1.22. The molecule has 6 N–H and O–H groups in total. The van der Waals surface area contributed by atoms with Crippen LogP contribution >= 0.6 is 0 Å². The summed E-state index contributed by atoms with van der Waals surface area (Å²) in [5.74, 6) is -2.39. The number of nitrogens with one attached hydrogen (secondary N) is 3. The molecule has 0 radical (unpaired) electrons. The molecule has 0 saturated carbocycles. The lowest BCUT2D eigenvalue weighted by Crippen LogP contribution is -2.58. The van der Waals surface area contributed by atoms with Crippen LogP contribution < -0.4 is 26.7 Å². The Hall–Kier alpha value is -4.94. The van der Waals surface area contributed by atoms with Crippen LogP contribution in [0.15, 0.2) is 59.3 Å². The zero-order valence-corrected chi connectivity index (χ0v) is 22.8. The molecule has 0 bridgehead atoms. The molecule has 5 amide bonds. The summed E-state index contributed by atoms with van der Waals surface area (Å²) in [6.45, 7) is 3.33. The molecule has 1 aromatic carbocycles. The van der Waals surface area contributed by atoms with Gasteiger partial charge in [0, 0.05) is 6.21 Å². The fraction of sp³-hybridized carbons (Fsp3) is 0.357. The highest BCUT2D eigenvalue weighted by Crippen LogP contribution is 2.34. The minimum Gasteiger partial charge on any atom is -0.481 e. The fourth-order valence-corrected chi connectivity index (χ4v) is 4.52. The van der Waals surface area contributed by atoms with Crippen LogP contribution in [0.4, 0.5) is 15.3 Å². The molecule has 0 spiro atoms. The normalized spacial score (nSPS) is 17.5. The van der Waals surface area contributed by atoms with E-state index in [4.69, 9.17) is 10.5 Å². The van der Waals surface area contributed by atoms with Crippen molar-refractivity contribution >= 4 is 41.8 Å². The van der Waals surface area contributed by atoms with Crippen molar-refractivity contribution in [2.45, 2.75) is 57.7 Å². The number of rotatable bonds is 10. The Morgan fingerprint density at radius 2 is 2.00 bits per heavy atom. The second kappa shape index (κ2) is 14.4. The number of alkyl carbamates (subject to hydrolysis) is 1. The van der Waals surface area contributed by atoms with Crippen LogP contribution in [0.25, 0.3) is 0 Å². The van der Waals surface area contributed by atoms with Gasteiger partial charge in [0.15, 0.2) is 0 Å². The van der Waals surface area contributed by atoms with Crippen LogP contribution in [0.2, 0.25) is 0 Å². The summed E-state index contributed by atoms with van der Waals surface area (Å²) in [7, 11) is 0. The summed E-state index contributed by atoms with van der Waals surface area (Å²) in [5, 5.41) is 18.0. The maximum Gasteiger partial charge on any atom is 0.408 e. The van der Waals surface area contributed by atoms with E-state index in [1.165, 1.54) is 11.8 Å². The number of hydrazone groups is 1. The Balaban J connectivity index is 1.79. The Morgan fingerprint density at radius 1 is 1.22 bits per heavy atom. The molecule has 0 fully saturated rings. The number of ether oxygens (including phenoxy) is 1. The highest BCUT2D eigenvalue weighted by molar-refractivity contribution is 6.06. The number of nitrogens with zero attached hydrogens (tertiary/aromatic N) is 2. The number of para-hydroxylation sites is 1. The van der Waals surface area contributed by atoms with E-state index in [1.54, 1.807) is 0 Å². The van der Waals surface area contributed by atoms with Crippen molar-refractivity contribution in [2.75, 3.05) is 11.5 Å². The molecule has 1 aliphatic carbocycles. The number of carboxylic acids is 1.